The van der Waals surface area contributed by atoms with Crippen molar-refractivity contribution in [2.45, 2.75) is 38.6 Å². The van der Waals surface area contributed by atoms with Gasteiger partial charge < -0.3 is 5.32 Å². The average Bonchev–Trinajstić information content (AvgIpc) is 3.31. The van der Waals surface area contributed by atoms with Gasteiger partial charge in [0.1, 0.15) is 0 Å². The summed E-state index contributed by atoms with van der Waals surface area (Å²) in [5.74, 6) is 2.90. The minimum atomic E-state index is 0.341. The van der Waals surface area contributed by atoms with Gasteiger partial charge in [0.2, 0.25) is 0 Å². The molecule has 0 bridgehead atoms. The number of rotatable bonds is 6. The van der Waals surface area contributed by atoms with Gasteiger partial charge in [0.25, 0.3) is 0 Å². The maximum atomic E-state index is 8.95. The van der Waals surface area contributed by atoms with Gasteiger partial charge in [0, 0.05) is 6.04 Å². The van der Waals surface area contributed by atoms with Crippen LogP contribution in [-0.2, 0) is 0 Å². The topological polar surface area (TPSA) is 35.8 Å². The summed E-state index contributed by atoms with van der Waals surface area (Å²) >= 11 is 0. The van der Waals surface area contributed by atoms with E-state index in [1.54, 1.807) is 0 Å². The standard InChI is InChI=1S/C17H22N2/c1-12(16-4-2-3-13(9-16)10-18)19-11-17(14-5-6-14)15-7-8-15/h2-4,9,12,14-15,17,19H,5-8,11H2,1H3. The van der Waals surface area contributed by atoms with Crippen molar-refractivity contribution in [2.24, 2.45) is 17.8 Å². The Morgan fingerprint density at radius 3 is 2.53 bits per heavy atom. The number of nitrogens with zero attached hydrogens (tertiary/aromatic N) is 1. The van der Waals surface area contributed by atoms with Crippen molar-refractivity contribution in [1.82, 2.24) is 5.32 Å². The largest absolute Gasteiger partial charge is 0.310 e. The summed E-state index contributed by atoms with van der Waals surface area (Å²) in [7, 11) is 0. The van der Waals surface area contributed by atoms with Crippen LogP contribution in [0.15, 0.2) is 24.3 Å². The zero-order valence-electron chi connectivity index (χ0n) is 11.6. The second kappa shape index (κ2) is 5.35. The summed E-state index contributed by atoms with van der Waals surface area (Å²) in [6.45, 7) is 3.35. The molecule has 1 aromatic rings. The molecular formula is C17H22N2. The monoisotopic (exact) mass is 254 g/mol. The molecule has 1 unspecified atom stereocenters. The van der Waals surface area contributed by atoms with E-state index in [0.717, 1.165) is 29.9 Å². The molecule has 2 heteroatoms. The average molecular weight is 254 g/mol. The zero-order valence-corrected chi connectivity index (χ0v) is 11.6. The predicted octanol–water partition coefficient (Wildman–Crippen LogP) is 3.65. The highest BCUT2D eigenvalue weighted by Gasteiger charge is 2.41. The van der Waals surface area contributed by atoms with E-state index in [4.69, 9.17) is 5.26 Å². The first kappa shape index (κ1) is 12.7. The fourth-order valence-corrected chi connectivity index (χ4v) is 3.08. The molecule has 2 aliphatic carbocycles. The van der Waals surface area contributed by atoms with Crippen molar-refractivity contribution in [3.63, 3.8) is 0 Å². The minimum absolute atomic E-state index is 0.341. The molecule has 2 aliphatic rings. The molecule has 1 atom stereocenters. The number of nitriles is 1. The highest BCUT2D eigenvalue weighted by molar-refractivity contribution is 5.34. The number of hydrogen-bond donors (Lipinski definition) is 1. The molecule has 0 saturated heterocycles. The lowest BCUT2D eigenvalue weighted by Gasteiger charge is -2.20. The predicted molar refractivity (Wildman–Crippen MR) is 76.5 cm³/mol. The Morgan fingerprint density at radius 1 is 1.26 bits per heavy atom. The number of benzene rings is 1. The molecule has 100 valence electrons. The van der Waals surface area contributed by atoms with Gasteiger partial charge in [0.15, 0.2) is 0 Å². The summed E-state index contributed by atoms with van der Waals surface area (Å²) in [5.41, 5.74) is 1.98. The van der Waals surface area contributed by atoms with Crippen LogP contribution in [0.3, 0.4) is 0 Å². The maximum absolute atomic E-state index is 8.95. The van der Waals surface area contributed by atoms with Gasteiger partial charge in [-0.15, -0.1) is 0 Å². The molecule has 19 heavy (non-hydrogen) atoms. The van der Waals surface area contributed by atoms with E-state index in [1.807, 2.05) is 18.2 Å². The second-order valence-electron chi connectivity index (χ2n) is 6.21. The smallest absolute Gasteiger partial charge is 0.0991 e. The highest BCUT2D eigenvalue weighted by Crippen LogP contribution is 2.48. The number of hydrogen-bond acceptors (Lipinski definition) is 2. The van der Waals surface area contributed by atoms with Gasteiger partial charge in [-0.05, 0) is 74.6 Å². The van der Waals surface area contributed by atoms with E-state index in [2.05, 4.69) is 24.4 Å². The second-order valence-corrected chi connectivity index (χ2v) is 6.21. The summed E-state index contributed by atoms with van der Waals surface area (Å²) in [6, 6.07) is 10.5. The molecule has 2 nitrogen and oxygen atoms in total. The summed E-state index contributed by atoms with van der Waals surface area (Å²) in [6.07, 6.45) is 5.78. The van der Waals surface area contributed by atoms with E-state index in [1.165, 1.54) is 31.2 Å². The molecule has 1 aromatic carbocycles. The molecule has 1 N–H and O–H groups in total. The number of nitrogens with one attached hydrogen (secondary N) is 1. The van der Waals surface area contributed by atoms with Crippen molar-refractivity contribution in [3.8, 4) is 6.07 Å². The maximum Gasteiger partial charge on any atom is 0.0991 e. The van der Waals surface area contributed by atoms with Crippen LogP contribution in [-0.4, -0.2) is 6.54 Å². The Labute approximate surface area is 115 Å². The van der Waals surface area contributed by atoms with Gasteiger partial charge in [-0.2, -0.15) is 5.26 Å². The molecule has 3 rings (SSSR count). The van der Waals surface area contributed by atoms with Crippen LogP contribution >= 0.6 is 0 Å². The van der Waals surface area contributed by atoms with Crippen LogP contribution in [0, 0.1) is 29.1 Å². The SMILES string of the molecule is CC(NCC(C1CC1)C1CC1)c1cccc(C#N)c1. The van der Waals surface area contributed by atoms with E-state index in [0.29, 0.717) is 6.04 Å². The molecule has 0 amide bonds. The van der Waals surface area contributed by atoms with Crippen LogP contribution in [0.2, 0.25) is 0 Å². The third-order valence-electron chi connectivity index (χ3n) is 4.63. The molecule has 2 saturated carbocycles. The van der Waals surface area contributed by atoms with E-state index < -0.39 is 0 Å². The Kier molecular flexibility index (Phi) is 3.57. The molecule has 0 spiro atoms. The first-order valence-corrected chi connectivity index (χ1v) is 7.51. The van der Waals surface area contributed by atoms with Crippen LogP contribution in [0.1, 0.15) is 49.8 Å². The van der Waals surface area contributed by atoms with Gasteiger partial charge in [0.05, 0.1) is 11.6 Å². The van der Waals surface area contributed by atoms with Crippen molar-refractivity contribution in [2.75, 3.05) is 6.54 Å². The Hall–Kier alpha value is -1.33. The fraction of sp³-hybridized carbons (Fsp3) is 0.588. The van der Waals surface area contributed by atoms with Crippen molar-refractivity contribution in [1.29, 1.82) is 5.26 Å². The van der Waals surface area contributed by atoms with Gasteiger partial charge in [-0.1, -0.05) is 12.1 Å². The van der Waals surface area contributed by atoms with Crippen LogP contribution in [0.4, 0.5) is 0 Å². The van der Waals surface area contributed by atoms with E-state index in [-0.39, 0.29) is 0 Å². The lowest BCUT2D eigenvalue weighted by Crippen LogP contribution is -2.28. The van der Waals surface area contributed by atoms with Crippen molar-refractivity contribution < 1.29 is 0 Å². The van der Waals surface area contributed by atoms with Crippen molar-refractivity contribution in [3.05, 3.63) is 35.4 Å². The summed E-state index contributed by atoms with van der Waals surface area (Å²) in [5, 5.41) is 12.6. The Morgan fingerprint density at radius 2 is 1.95 bits per heavy atom. The first-order valence-electron chi connectivity index (χ1n) is 7.51. The lowest BCUT2D eigenvalue weighted by atomic mass is 9.97. The van der Waals surface area contributed by atoms with Crippen LogP contribution < -0.4 is 5.32 Å². The molecule has 0 aliphatic heterocycles. The fourth-order valence-electron chi connectivity index (χ4n) is 3.08. The molecule has 0 radical (unpaired) electrons. The highest BCUT2D eigenvalue weighted by atomic mass is 14.9. The van der Waals surface area contributed by atoms with Crippen molar-refractivity contribution >= 4 is 0 Å². The third kappa shape index (κ3) is 3.16. The van der Waals surface area contributed by atoms with Crippen LogP contribution in [0.25, 0.3) is 0 Å². The Balaban J connectivity index is 1.57. The van der Waals surface area contributed by atoms with E-state index >= 15 is 0 Å². The quantitative estimate of drug-likeness (QED) is 0.841. The summed E-state index contributed by atoms with van der Waals surface area (Å²) < 4.78 is 0. The molecule has 0 heterocycles. The lowest BCUT2D eigenvalue weighted by molar-refractivity contribution is 0.362. The third-order valence-corrected chi connectivity index (χ3v) is 4.63. The molecule has 2 fully saturated rings. The van der Waals surface area contributed by atoms with Gasteiger partial charge in [-0.3, -0.25) is 0 Å². The summed E-state index contributed by atoms with van der Waals surface area (Å²) in [4.78, 5) is 0. The van der Waals surface area contributed by atoms with Gasteiger partial charge >= 0.3 is 0 Å². The normalized spacial score (nSPS) is 20.3. The molecular weight excluding hydrogens is 232 g/mol. The minimum Gasteiger partial charge on any atom is -0.310 e. The zero-order chi connectivity index (χ0) is 13.2. The van der Waals surface area contributed by atoms with Gasteiger partial charge in [-0.25, -0.2) is 0 Å². The van der Waals surface area contributed by atoms with Crippen LogP contribution in [0.5, 0.6) is 0 Å². The Bertz CT molecular complexity index is 468. The first-order chi connectivity index (χ1) is 9.28. The van der Waals surface area contributed by atoms with E-state index in [9.17, 15) is 0 Å². The molecule has 0 aromatic heterocycles.